The highest BCUT2D eigenvalue weighted by molar-refractivity contribution is 5.56. The first-order valence-electron chi connectivity index (χ1n) is 5.81. The normalized spacial score (nSPS) is 13.8. The average molecular weight is 233 g/mol. The van der Waals surface area contributed by atoms with Crippen LogP contribution in [-0.4, -0.2) is 22.2 Å². The predicted octanol–water partition coefficient (Wildman–Crippen LogP) is 2.22. The summed E-state index contributed by atoms with van der Waals surface area (Å²) in [7, 11) is 0. The molecule has 0 saturated heterocycles. The van der Waals surface area contributed by atoms with E-state index in [-0.39, 0.29) is 12.1 Å². The van der Waals surface area contributed by atoms with E-state index in [2.05, 4.69) is 16.4 Å². The van der Waals surface area contributed by atoms with Crippen LogP contribution < -0.4 is 5.32 Å². The molecule has 1 aromatic rings. The maximum atomic E-state index is 9.12. The topological polar surface area (TPSA) is 68.9 Å². The number of hydrogen-bond acceptors (Lipinski definition) is 4. The molecule has 0 aliphatic rings. The molecule has 0 aliphatic carbocycles. The number of aromatic nitrogens is 1. The Kier molecular flexibility index (Phi) is 4.47. The summed E-state index contributed by atoms with van der Waals surface area (Å²) >= 11 is 0. The van der Waals surface area contributed by atoms with Crippen LogP contribution in [0.25, 0.3) is 0 Å². The molecular weight excluding hydrogens is 214 g/mol. The van der Waals surface area contributed by atoms with E-state index in [0.29, 0.717) is 17.8 Å². The Labute approximate surface area is 102 Å². The number of anilines is 1. The highest BCUT2D eigenvalue weighted by atomic mass is 16.3. The van der Waals surface area contributed by atoms with E-state index >= 15 is 0 Å². The maximum Gasteiger partial charge on any atom is 0.144 e. The SMILES string of the molecule is CCC(C)(CCO)Nc1nccc(C)c1C#N. The Hall–Kier alpha value is -1.60. The number of hydrogen-bond donors (Lipinski definition) is 2. The van der Waals surface area contributed by atoms with Gasteiger partial charge in [-0.05, 0) is 38.3 Å². The molecule has 1 heterocycles. The molecule has 0 aromatic carbocycles. The summed E-state index contributed by atoms with van der Waals surface area (Å²) in [6, 6.07) is 3.98. The zero-order valence-corrected chi connectivity index (χ0v) is 10.6. The molecule has 0 fully saturated rings. The fraction of sp³-hybridized carbons (Fsp3) is 0.538. The van der Waals surface area contributed by atoms with Crippen molar-refractivity contribution in [3.8, 4) is 6.07 Å². The first-order chi connectivity index (χ1) is 8.06. The number of nitrogens with zero attached hydrogens (tertiary/aromatic N) is 2. The van der Waals surface area contributed by atoms with Gasteiger partial charge in [0, 0.05) is 18.3 Å². The Morgan fingerprint density at radius 3 is 2.82 bits per heavy atom. The Bertz CT molecular complexity index is 425. The molecule has 92 valence electrons. The molecule has 0 radical (unpaired) electrons. The van der Waals surface area contributed by atoms with Crippen molar-refractivity contribution in [1.29, 1.82) is 5.26 Å². The van der Waals surface area contributed by atoms with Gasteiger partial charge in [0.15, 0.2) is 0 Å². The van der Waals surface area contributed by atoms with Gasteiger partial charge in [-0.25, -0.2) is 4.98 Å². The van der Waals surface area contributed by atoms with Gasteiger partial charge in [0.05, 0.1) is 5.56 Å². The first kappa shape index (κ1) is 13.5. The quantitative estimate of drug-likeness (QED) is 0.818. The van der Waals surface area contributed by atoms with Crippen LogP contribution in [0.4, 0.5) is 5.82 Å². The fourth-order valence-electron chi connectivity index (χ4n) is 1.65. The molecule has 4 heteroatoms. The second-order valence-electron chi connectivity index (χ2n) is 4.48. The zero-order valence-electron chi connectivity index (χ0n) is 10.6. The largest absolute Gasteiger partial charge is 0.396 e. The van der Waals surface area contributed by atoms with Crippen molar-refractivity contribution in [2.75, 3.05) is 11.9 Å². The van der Waals surface area contributed by atoms with Crippen LogP contribution in [0.2, 0.25) is 0 Å². The molecule has 1 atom stereocenters. The molecule has 0 spiro atoms. The molecule has 17 heavy (non-hydrogen) atoms. The maximum absolute atomic E-state index is 9.12. The molecule has 4 nitrogen and oxygen atoms in total. The van der Waals surface area contributed by atoms with Gasteiger partial charge < -0.3 is 10.4 Å². The lowest BCUT2D eigenvalue weighted by molar-refractivity contribution is 0.252. The summed E-state index contributed by atoms with van der Waals surface area (Å²) in [6.07, 6.45) is 3.17. The molecule has 0 amide bonds. The molecule has 0 saturated carbocycles. The number of nitriles is 1. The number of pyridine rings is 1. The minimum Gasteiger partial charge on any atom is -0.396 e. The predicted molar refractivity (Wildman–Crippen MR) is 67.7 cm³/mol. The Morgan fingerprint density at radius 2 is 2.29 bits per heavy atom. The van der Waals surface area contributed by atoms with E-state index in [9.17, 15) is 0 Å². The highest BCUT2D eigenvalue weighted by Gasteiger charge is 2.23. The summed E-state index contributed by atoms with van der Waals surface area (Å²) in [5.74, 6) is 0.602. The lowest BCUT2D eigenvalue weighted by atomic mass is 9.94. The van der Waals surface area contributed by atoms with Crippen molar-refractivity contribution in [3.05, 3.63) is 23.4 Å². The van der Waals surface area contributed by atoms with Crippen LogP contribution in [-0.2, 0) is 0 Å². The van der Waals surface area contributed by atoms with E-state index in [0.717, 1.165) is 12.0 Å². The minimum absolute atomic E-state index is 0.116. The molecule has 2 N–H and O–H groups in total. The van der Waals surface area contributed by atoms with Gasteiger partial charge >= 0.3 is 0 Å². The number of aliphatic hydroxyl groups is 1. The van der Waals surface area contributed by atoms with E-state index in [1.165, 1.54) is 0 Å². The van der Waals surface area contributed by atoms with Crippen molar-refractivity contribution in [3.63, 3.8) is 0 Å². The average Bonchev–Trinajstić information content (AvgIpc) is 2.30. The molecule has 1 unspecified atom stereocenters. The van der Waals surface area contributed by atoms with Crippen LogP contribution in [0.1, 0.15) is 37.8 Å². The van der Waals surface area contributed by atoms with Gasteiger partial charge in [0.2, 0.25) is 0 Å². The zero-order chi connectivity index (χ0) is 12.9. The van der Waals surface area contributed by atoms with E-state index in [1.807, 2.05) is 26.8 Å². The van der Waals surface area contributed by atoms with Gasteiger partial charge in [-0.3, -0.25) is 0 Å². The summed E-state index contributed by atoms with van der Waals surface area (Å²) < 4.78 is 0. The van der Waals surface area contributed by atoms with Gasteiger partial charge in [-0.15, -0.1) is 0 Å². The van der Waals surface area contributed by atoms with Crippen LogP contribution in [0.15, 0.2) is 12.3 Å². The first-order valence-corrected chi connectivity index (χ1v) is 5.81. The van der Waals surface area contributed by atoms with Crippen molar-refractivity contribution < 1.29 is 5.11 Å². The number of aliphatic hydroxyl groups excluding tert-OH is 1. The third kappa shape index (κ3) is 3.18. The van der Waals surface area contributed by atoms with Crippen molar-refractivity contribution in [2.24, 2.45) is 0 Å². The van der Waals surface area contributed by atoms with E-state index in [4.69, 9.17) is 10.4 Å². The summed E-state index contributed by atoms with van der Waals surface area (Å²) in [4.78, 5) is 4.21. The Balaban J connectivity index is 3.02. The van der Waals surface area contributed by atoms with E-state index in [1.54, 1.807) is 6.20 Å². The standard InChI is InChI=1S/C13H19N3O/c1-4-13(3,6-8-17)16-12-11(9-14)10(2)5-7-15-12/h5,7,17H,4,6,8H2,1-3H3,(H,15,16). The molecule has 0 aliphatic heterocycles. The molecule has 1 rings (SSSR count). The second-order valence-corrected chi connectivity index (χ2v) is 4.48. The van der Waals surface area contributed by atoms with Gasteiger partial charge in [-0.2, -0.15) is 5.26 Å². The lowest BCUT2D eigenvalue weighted by Crippen LogP contribution is -2.35. The highest BCUT2D eigenvalue weighted by Crippen LogP contribution is 2.23. The monoisotopic (exact) mass is 233 g/mol. The third-order valence-electron chi connectivity index (χ3n) is 3.14. The van der Waals surface area contributed by atoms with Crippen LogP contribution in [0, 0.1) is 18.3 Å². The van der Waals surface area contributed by atoms with Gasteiger partial charge in [-0.1, -0.05) is 6.92 Å². The third-order valence-corrected chi connectivity index (χ3v) is 3.14. The summed E-state index contributed by atoms with van der Waals surface area (Å²) in [5.41, 5.74) is 1.25. The summed E-state index contributed by atoms with van der Waals surface area (Å²) in [6.45, 7) is 6.07. The number of aryl methyl sites for hydroxylation is 1. The van der Waals surface area contributed by atoms with Crippen molar-refractivity contribution in [2.45, 2.75) is 39.2 Å². The van der Waals surface area contributed by atoms with Crippen molar-refractivity contribution in [1.82, 2.24) is 4.98 Å². The van der Waals surface area contributed by atoms with Gasteiger partial charge in [0.1, 0.15) is 11.9 Å². The van der Waals surface area contributed by atoms with Crippen LogP contribution in [0.5, 0.6) is 0 Å². The van der Waals surface area contributed by atoms with Gasteiger partial charge in [0.25, 0.3) is 0 Å². The minimum atomic E-state index is -0.235. The second kappa shape index (κ2) is 5.65. The lowest BCUT2D eigenvalue weighted by Gasteiger charge is -2.30. The van der Waals surface area contributed by atoms with Crippen LogP contribution in [0.3, 0.4) is 0 Å². The summed E-state index contributed by atoms with van der Waals surface area (Å²) in [5, 5.41) is 21.5. The Morgan fingerprint density at radius 1 is 1.59 bits per heavy atom. The number of nitrogens with one attached hydrogen (secondary N) is 1. The van der Waals surface area contributed by atoms with Crippen LogP contribution >= 0.6 is 0 Å². The molecular formula is C13H19N3O. The van der Waals surface area contributed by atoms with E-state index < -0.39 is 0 Å². The number of rotatable bonds is 5. The van der Waals surface area contributed by atoms with Crippen molar-refractivity contribution >= 4 is 5.82 Å². The molecule has 1 aromatic heterocycles. The smallest absolute Gasteiger partial charge is 0.144 e. The fourth-order valence-corrected chi connectivity index (χ4v) is 1.65. The molecule has 0 bridgehead atoms.